The summed E-state index contributed by atoms with van der Waals surface area (Å²) >= 11 is 0. The fourth-order valence-electron chi connectivity index (χ4n) is 2.98. The van der Waals surface area contributed by atoms with Crippen molar-refractivity contribution in [2.75, 3.05) is 5.32 Å². The van der Waals surface area contributed by atoms with Crippen molar-refractivity contribution in [3.8, 4) is 0 Å². The Labute approximate surface area is 140 Å². The second-order valence-corrected chi connectivity index (χ2v) is 6.49. The van der Waals surface area contributed by atoms with Crippen LogP contribution in [0.1, 0.15) is 35.3 Å². The van der Waals surface area contributed by atoms with E-state index in [1.165, 1.54) is 5.56 Å². The maximum Gasteiger partial charge on any atom is 0.307 e. The van der Waals surface area contributed by atoms with Crippen LogP contribution in [0.2, 0.25) is 0 Å². The number of rotatable bonds is 4. The summed E-state index contributed by atoms with van der Waals surface area (Å²) < 4.78 is 0. The third-order valence-corrected chi connectivity index (χ3v) is 4.41. The standard InChI is InChI=1S/C20H19NO3/c1-20(2)15-5-3-4-6-16(15)21-18(20)12-17(22)14-9-7-13(8-10-14)11-19(23)24/h3-10,12,21H,11H2,1-2H3,(H,23,24)/b18-12-. The molecule has 0 spiro atoms. The number of carboxylic acid groups (broad SMARTS) is 1. The van der Waals surface area contributed by atoms with Gasteiger partial charge in [-0.15, -0.1) is 0 Å². The van der Waals surface area contributed by atoms with Gasteiger partial charge < -0.3 is 10.4 Å². The van der Waals surface area contributed by atoms with Gasteiger partial charge in [-0.25, -0.2) is 0 Å². The summed E-state index contributed by atoms with van der Waals surface area (Å²) in [5.74, 6) is -0.980. The second kappa shape index (κ2) is 5.96. The lowest BCUT2D eigenvalue weighted by Crippen LogP contribution is -2.18. The Bertz CT molecular complexity index is 832. The van der Waals surface area contributed by atoms with Gasteiger partial charge in [-0.3, -0.25) is 9.59 Å². The number of fused-ring (bicyclic) bond motifs is 1. The minimum absolute atomic E-state index is 0.0422. The van der Waals surface area contributed by atoms with E-state index in [1.807, 2.05) is 18.2 Å². The molecule has 0 bridgehead atoms. The molecule has 0 unspecified atom stereocenters. The number of allylic oxidation sites excluding steroid dienone is 2. The SMILES string of the molecule is CC1(C)/C(=C/C(=O)c2ccc(CC(=O)O)cc2)Nc2ccccc21. The first-order valence-corrected chi connectivity index (χ1v) is 7.82. The Morgan fingerprint density at radius 2 is 1.75 bits per heavy atom. The van der Waals surface area contributed by atoms with Gasteiger partial charge in [-0.05, 0) is 17.2 Å². The summed E-state index contributed by atoms with van der Waals surface area (Å²) in [6.07, 6.45) is 1.59. The number of ketones is 1. The largest absolute Gasteiger partial charge is 0.481 e. The lowest BCUT2D eigenvalue weighted by atomic mass is 9.83. The number of para-hydroxylation sites is 1. The zero-order chi connectivity index (χ0) is 17.3. The molecule has 2 aromatic rings. The molecule has 1 aliphatic heterocycles. The molecule has 3 rings (SSSR count). The molecule has 0 saturated carbocycles. The Hall–Kier alpha value is -2.88. The molecular formula is C20H19NO3. The number of aliphatic carboxylic acids is 1. The first-order chi connectivity index (χ1) is 11.4. The summed E-state index contributed by atoms with van der Waals surface area (Å²) in [6, 6.07) is 14.7. The van der Waals surface area contributed by atoms with E-state index in [0.717, 1.165) is 11.4 Å². The van der Waals surface area contributed by atoms with Gasteiger partial charge in [0.25, 0.3) is 0 Å². The third-order valence-electron chi connectivity index (χ3n) is 4.41. The zero-order valence-corrected chi connectivity index (χ0v) is 13.7. The van der Waals surface area contributed by atoms with Gasteiger partial charge in [-0.1, -0.05) is 56.3 Å². The van der Waals surface area contributed by atoms with Crippen LogP contribution in [0.3, 0.4) is 0 Å². The van der Waals surface area contributed by atoms with E-state index in [4.69, 9.17) is 5.11 Å². The van der Waals surface area contributed by atoms with Crippen LogP contribution in [-0.4, -0.2) is 16.9 Å². The average Bonchev–Trinajstić information content (AvgIpc) is 2.79. The highest BCUT2D eigenvalue weighted by molar-refractivity contribution is 6.05. The molecule has 4 nitrogen and oxygen atoms in total. The molecule has 0 aliphatic carbocycles. The summed E-state index contributed by atoms with van der Waals surface area (Å²) in [5, 5.41) is 12.1. The highest BCUT2D eigenvalue weighted by atomic mass is 16.4. The summed E-state index contributed by atoms with van der Waals surface area (Å²) in [5.41, 5.74) is 4.03. The Balaban J connectivity index is 1.84. The molecule has 2 aromatic carbocycles. The summed E-state index contributed by atoms with van der Waals surface area (Å²) in [4.78, 5) is 23.3. The maximum absolute atomic E-state index is 12.5. The third kappa shape index (κ3) is 2.95. The molecule has 4 heteroatoms. The highest BCUT2D eigenvalue weighted by Gasteiger charge is 2.34. The van der Waals surface area contributed by atoms with Gasteiger partial charge in [0.1, 0.15) is 0 Å². The van der Waals surface area contributed by atoms with Crippen LogP contribution in [0.4, 0.5) is 5.69 Å². The molecule has 0 amide bonds. The number of hydrogen-bond donors (Lipinski definition) is 2. The molecule has 24 heavy (non-hydrogen) atoms. The van der Waals surface area contributed by atoms with E-state index >= 15 is 0 Å². The number of anilines is 1. The molecule has 0 aromatic heterocycles. The second-order valence-electron chi connectivity index (χ2n) is 6.49. The van der Waals surface area contributed by atoms with Gasteiger partial charge in [0.15, 0.2) is 5.78 Å². The topological polar surface area (TPSA) is 66.4 Å². The van der Waals surface area contributed by atoms with Crippen molar-refractivity contribution in [1.82, 2.24) is 0 Å². The number of hydrogen-bond acceptors (Lipinski definition) is 3. The van der Waals surface area contributed by atoms with Gasteiger partial charge in [-0.2, -0.15) is 0 Å². The van der Waals surface area contributed by atoms with Gasteiger partial charge in [0.05, 0.1) is 6.42 Å². The number of carboxylic acids is 1. The predicted octanol–water partition coefficient (Wildman–Crippen LogP) is 3.78. The molecule has 1 heterocycles. The zero-order valence-electron chi connectivity index (χ0n) is 13.7. The van der Waals surface area contributed by atoms with Crippen molar-refractivity contribution < 1.29 is 14.7 Å². The molecule has 0 fully saturated rings. The fraction of sp³-hybridized carbons (Fsp3) is 0.200. The molecular weight excluding hydrogens is 302 g/mol. The van der Waals surface area contributed by atoms with Crippen LogP contribution in [0, 0.1) is 0 Å². The van der Waals surface area contributed by atoms with E-state index in [0.29, 0.717) is 11.1 Å². The van der Waals surface area contributed by atoms with E-state index in [9.17, 15) is 9.59 Å². The van der Waals surface area contributed by atoms with Crippen molar-refractivity contribution in [3.05, 3.63) is 77.0 Å². The smallest absolute Gasteiger partial charge is 0.307 e. The van der Waals surface area contributed by atoms with Gasteiger partial charge in [0, 0.05) is 28.4 Å². The minimum atomic E-state index is -0.883. The number of benzene rings is 2. The average molecular weight is 321 g/mol. The Morgan fingerprint density at radius 3 is 2.38 bits per heavy atom. The number of nitrogens with one attached hydrogen (secondary N) is 1. The van der Waals surface area contributed by atoms with Gasteiger partial charge >= 0.3 is 5.97 Å². The quantitative estimate of drug-likeness (QED) is 0.664. The van der Waals surface area contributed by atoms with E-state index in [1.54, 1.807) is 30.3 Å². The number of carbonyl (C=O) groups is 2. The monoisotopic (exact) mass is 321 g/mol. The van der Waals surface area contributed by atoms with Gasteiger partial charge in [0.2, 0.25) is 0 Å². The molecule has 0 radical (unpaired) electrons. The summed E-state index contributed by atoms with van der Waals surface area (Å²) in [6.45, 7) is 4.17. The van der Waals surface area contributed by atoms with Crippen LogP contribution in [0.15, 0.2) is 60.3 Å². The van der Waals surface area contributed by atoms with E-state index < -0.39 is 5.97 Å². The first-order valence-electron chi connectivity index (χ1n) is 7.82. The Morgan fingerprint density at radius 1 is 1.08 bits per heavy atom. The lowest BCUT2D eigenvalue weighted by Gasteiger charge is -2.20. The number of carbonyl (C=O) groups excluding carboxylic acids is 1. The normalized spacial score (nSPS) is 16.5. The highest BCUT2D eigenvalue weighted by Crippen LogP contribution is 2.42. The van der Waals surface area contributed by atoms with Crippen molar-refractivity contribution >= 4 is 17.4 Å². The predicted molar refractivity (Wildman–Crippen MR) is 93.3 cm³/mol. The van der Waals surface area contributed by atoms with Crippen LogP contribution in [-0.2, 0) is 16.6 Å². The van der Waals surface area contributed by atoms with Crippen molar-refractivity contribution in [2.24, 2.45) is 0 Å². The molecule has 0 atom stereocenters. The molecule has 122 valence electrons. The Kier molecular flexibility index (Phi) is 3.97. The van der Waals surface area contributed by atoms with E-state index in [2.05, 4.69) is 25.2 Å². The van der Waals surface area contributed by atoms with Crippen LogP contribution in [0.25, 0.3) is 0 Å². The van der Waals surface area contributed by atoms with Crippen LogP contribution < -0.4 is 5.32 Å². The van der Waals surface area contributed by atoms with E-state index in [-0.39, 0.29) is 17.6 Å². The van der Waals surface area contributed by atoms with Crippen molar-refractivity contribution in [3.63, 3.8) is 0 Å². The maximum atomic E-state index is 12.5. The van der Waals surface area contributed by atoms with Crippen LogP contribution >= 0.6 is 0 Å². The van der Waals surface area contributed by atoms with Crippen LogP contribution in [0.5, 0.6) is 0 Å². The fourth-order valence-corrected chi connectivity index (χ4v) is 2.98. The molecule has 2 N–H and O–H groups in total. The minimum Gasteiger partial charge on any atom is -0.481 e. The molecule has 1 aliphatic rings. The van der Waals surface area contributed by atoms with Crippen molar-refractivity contribution in [1.29, 1.82) is 0 Å². The molecule has 0 saturated heterocycles. The summed E-state index contributed by atoms with van der Waals surface area (Å²) in [7, 11) is 0. The lowest BCUT2D eigenvalue weighted by molar-refractivity contribution is -0.136. The van der Waals surface area contributed by atoms with Crippen molar-refractivity contribution in [2.45, 2.75) is 25.7 Å². The first kappa shape index (κ1) is 16.0.